The van der Waals surface area contributed by atoms with Gasteiger partial charge < -0.3 is 14.5 Å². The molecule has 0 spiro atoms. The lowest BCUT2D eigenvalue weighted by atomic mass is 10.0. The maximum Gasteiger partial charge on any atom is 0.224 e. The molecule has 41 heavy (non-hydrogen) atoms. The maximum absolute atomic E-state index is 12.6. The Kier molecular flexibility index (Phi) is 18.7. The second-order valence-corrected chi connectivity index (χ2v) is 12.1. The summed E-state index contributed by atoms with van der Waals surface area (Å²) in [6.07, 6.45) is 21.2. The van der Waals surface area contributed by atoms with Gasteiger partial charge in [0.2, 0.25) is 5.91 Å². The molecule has 1 heterocycles. The van der Waals surface area contributed by atoms with E-state index < -0.39 is 0 Å². The average molecular weight is 646 g/mol. The van der Waals surface area contributed by atoms with Crippen molar-refractivity contribution in [3.8, 4) is 5.75 Å². The fourth-order valence-corrected chi connectivity index (χ4v) is 5.97. The molecule has 2 aromatic carbocycles. The smallest absolute Gasteiger partial charge is 0.224 e. The Hall–Kier alpha value is -1.92. The number of anilines is 1. The number of halogens is 1. The Morgan fingerprint density at radius 2 is 1.44 bits per heavy atom. The normalized spacial score (nSPS) is 12.4. The first kappa shape index (κ1) is 35.3. The minimum atomic E-state index is 0. The van der Waals surface area contributed by atoms with E-state index in [1.54, 1.807) is 18.7 Å². The van der Waals surface area contributed by atoms with Crippen molar-refractivity contribution >= 4 is 40.3 Å². The van der Waals surface area contributed by atoms with Crippen LogP contribution >= 0.6 is 28.7 Å². The largest absolute Gasteiger partial charge is 0.494 e. The van der Waals surface area contributed by atoms with Crippen molar-refractivity contribution in [3.05, 3.63) is 71.3 Å². The van der Waals surface area contributed by atoms with Crippen LogP contribution in [0.25, 0.3) is 0 Å². The average Bonchev–Trinajstić information content (AvgIpc) is 3.47. The third-order valence-electron chi connectivity index (χ3n) is 7.60. The third-order valence-corrected chi connectivity index (χ3v) is 8.40. The Morgan fingerprint density at radius 3 is 2.05 bits per heavy atom. The van der Waals surface area contributed by atoms with Crippen LogP contribution in [-0.2, 0) is 17.9 Å². The number of ether oxygens (including phenoxy) is 1. The van der Waals surface area contributed by atoms with E-state index in [9.17, 15) is 4.79 Å². The molecule has 0 bridgehead atoms. The van der Waals surface area contributed by atoms with Crippen molar-refractivity contribution in [2.24, 2.45) is 0 Å². The van der Waals surface area contributed by atoms with Gasteiger partial charge in [0.25, 0.3) is 0 Å². The molecule has 0 atom stereocenters. The molecule has 0 aliphatic carbocycles. The molecule has 0 saturated carbocycles. The van der Waals surface area contributed by atoms with Crippen molar-refractivity contribution in [3.63, 3.8) is 0 Å². The van der Waals surface area contributed by atoms with Gasteiger partial charge in [0.15, 0.2) is 0 Å². The van der Waals surface area contributed by atoms with Crippen LogP contribution in [0.5, 0.6) is 5.75 Å². The third kappa shape index (κ3) is 14.7. The lowest BCUT2D eigenvalue weighted by Gasteiger charge is -2.23. The Bertz CT molecular complexity index is 1020. The number of rotatable bonds is 21. The summed E-state index contributed by atoms with van der Waals surface area (Å²) < 4.78 is 6.08. The fraction of sp³-hybridized carbons (Fsp3) is 0.571. The highest BCUT2D eigenvalue weighted by atomic mass is 79.9. The minimum absolute atomic E-state index is 0. The first-order valence-electron chi connectivity index (χ1n) is 15.8. The van der Waals surface area contributed by atoms with Crippen molar-refractivity contribution in [1.29, 1.82) is 0 Å². The first-order chi connectivity index (χ1) is 19.7. The summed E-state index contributed by atoms with van der Waals surface area (Å²) in [6, 6.07) is 16.5. The number of nitrogens with zero attached hydrogens (tertiary/aromatic N) is 2. The van der Waals surface area contributed by atoms with E-state index in [0.717, 1.165) is 42.4 Å². The van der Waals surface area contributed by atoms with Gasteiger partial charge in [-0.05, 0) is 47.2 Å². The van der Waals surface area contributed by atoms with Crippen molar-refractivity contribution in [2.45, 2.75) is 117 Å². The van der Waals surface area contributed by atoms with Gasteiger partial charge in [-0.1, -0.05) is 115 Å². The van der Waals surface area contributed by atoms with E-state index in [-0.39, 0.29) is 22.9 Å². The van der Waals surface area contributed by atoms with E-state index in [1.165, 1.54) is 89.0 Å². The molecule has 3 rings (SSSR count). The van der Waals surface area contributed by atoms with Crippen LogP contribution in [0.1, 0.15) is 115 Å². The van der Waals surface area contributed by atoms with Crippen molar-refractivity contribution in [2.75, 3.05) is 17.4 Å². The molecule has 0 unspecified atom stereocenters. The van der Waals surface area contributed by atoms with Crippen LogP contribution < -0.4 is 9.64 Å². The summed E-state index contributed by atoms with van der Waals surface area (Å²) in [7, 11) is 0. The molecule has 1 aliphatic rings. The molecule has 0 radical (unpaired) electrons. The molecule has 1 amide bonds. The number of benzene rings is 2. The zero-order chi connectivity index (χ0) is 28.3. The van der Waals surface area contributed by atoms with Crippen LogP contribution in [0.3, 0.4) is 0 Å². The molecular formula is C35H53BrN2O2S. The molecule has 0 fully saturated rings. The molecule has 0 aromatic heterocycles. The second kappa shape index (κ2) is 21.7. The predicted octanol–water partition coefficient (Wildman–Crippen LogP) is 10.7. The highest BCUT2D eigenvalue weighted by Crippen LogP contribution is 2.24. The quantitative estimate of drug-likeness (QED) is 0.127. The van der Waals surface area contributed by atoms with Crippen LogP contribution in [0.15, 0.2) is 60.1 Å². The summed E-state index contributed by atoms with van der Waals surface area (Å²) >= 11 is 1.80. The first-order valence-corrected chi connectivity index (χ1v) is 16.8. The number of amides is 1. The van der Waals surface area contributed by atoms with Gasteiger partial charge in [-0.15, -0.1) is 28.7 Å². The van der Waals surface area contributed by atoms with E-state index in [2.05, 4.69) is 47.7 Å². The van der Waals surface area contributed by atoms with Gasteiger partial charge in [-0.3, -0.25) is 4.79 Å². The van der Waals surface area contributed by atoms with Crippen LogP contribution in [0.4, 0.5) is 5.69 Å². The Balaban J connectivity index is 0.00000588. The number of unbranched alkanes of at least 4 members (excludes halogenated alkanes) is 13. The maximum atomic E-state index is 12.6. The summed E-state index contributed by atoms with van der Waals surface area (Å²) in [6.45, 7) is 6.07. The monoisotopic (exact) mass is 644 g/mol. The molecule has 6 heteroatoms. The number of carbonyl (C=O) groups is 1. The molecule has 1 aliphatic heterocycles. The summed E-state index contributed by atoms with van der Waals surface area (Å²) in [5.74, 6) is 1.91. The Morgan fingerprint density at radius 1 is 0.829 bits per heavy atom. The number of carbonyl (C=O) groups excluding carboxylic acids is 1. The molecule has 2 aromatic rings. The van der Waals surface area contributed by atoms with Crippen LogP contribution in [0, 0.1) is 0 Å². The van der Waals surface area contributed by atoms with Gasteiger partial charge in [-0.25, -0.2) is 0 Å². The zero-order valence-corrected chi connectivity index (χ0v) is 28.1. The van der Waals surface area contributed by atoms with E-state index >= 15 is 0 Å². The van der Waals surface area contributed by atoms with Crippen LogP contribution in [0.2, 0.25) is 0 Å². The van der Waals surface area contributed by atoms with Gasteiger partial charge in [0.1, 0.15) is 5.75 Å². The molecule has 0 saturated heterocycles. The van der Waals surface area contributed by atoms with Crippen molar-refractivity contribution < 1.29 is 9.53 Å². The SMILES string of the molecule is Br.CCCCCCCCCCCCCCCCOc1cccc(CN(C(C)=O)c2cccc(CN3C=CSC3)c2)c1. The predicted molar refractivity (Wildman–Crippen MR) is 183 cm³/mol. The number of hydrogen-bond acceptors (Lipinski definition) is 4. The van der Waals surface area contributed by atoms with Gasteiger partial charge in [0, 0.05) is 25.4 Å². The molecular weight excluding hydrogens is 592 g/mol. The highest BCUT2D eigenvalue weighted by molar-refractivity contribution is 8.93. The Labute approximate surface area is 265 Å². The fourth-order valence-electron chi connectivity index (χ4n) is 5.25. The topological polar surface area (TPSA) is 32.8 Å². The molecule has 0 N–H and O–H groups in total. The van der Waals surface area contributed by atoms with Gasteiger partial charge in [-0.2, -0.15) is 0 Å². The lowest BCUT2D eigenvalue weighted by Crippen LogP contribution is -2.28. The number of hydrogen-bond donors (Lipinski definition) is 0. The highest BCUT2D eigenvalue weighted by Gasteiger charge is 2.14. The van der Waals surface area contributed by atoms with E-state index in [0.29, 0.717) is 6.54 Å². The van der Waals surface area contributed by atoms with Gasteiger partial charge in [0.05, 0.1) is 19.0 Å². The molecule has 4 nitrogen and oxygen atoms in total. The van der Waals surface area contributed by atoms with Gasteiger partial charge >= 0.3 is 0 Å². The summed E-state index contributed by atoms with van der Waals surface area (Å²) in [5, 5.41) is 2.13. The molecule has 228 valence electrons. The second-order valence-electron chi connectivity index (χ2n) is 11.2. The van der Waals surface area contributed by atoms with Crippen molar-refractivity contribution in [1.82, 2.24) is 4.90 Å². The van der Waals surface area contributed by atoms with E-state index in [4.69, 9.17) is 4.74 Å². The minimum Gasteiger partial charge on any atom is -0.494 e. The number of thioether (sulfide) groups is 1. The lowest BCUT2D eigenvalue weighted by molar-refractivity contribution is -0.116. The van der Waals surface area contributed by atoms with Crippen LogP contribution in [-0.4, -0.2) is 23.3 Å². The summed E-state index contributed by atoms with van der Waals surface area (Å²) in [5.41, 5.74) is 3.23. The van der Waals surface area contributed by atoms with E-state index in [1.807, 2.05) is 29.2 Å². The zero-order valence-electron chi connectivity index (χ0n) is 25.5. The standard InChI is InChI=1S/C35H52N2O2S.BrH/c1-3-4-5-6-7-8-9-10-11-12-13-14-15-16-24-39-35-22-18-20-33(27-35)29-37(31(2)38)34-21-17-19-32(26-34)28-36-23-25-40-30-36;/h17-23,25-27H,3-16,24,28-30H2,1-2H3;1H. The summed E-state index contributed by atoms with van der Waals surface area (Å²) in [4.78, 5) is 16.7.